The van der Waals surface area contributed by atoms with Crippen LogP contribution in [0.25, 0.3) is 0 Å². The lowest BCUT2D eigenvalue weighted by Crippen LogP contribution is -2.50. The van der Waals surface area contributed by atoms with E-state index in [1.807, 2.05) is 6.92 Å². The van der Waals surface area contributed by atoms with Gasteiger partial charge in [0, 0.05) is 11.1 Å². The first-order valence-corrected chi connectivity index (χ1v) is 6.39. The van der Waals surface area contributed by atoms with Crippen LogP contribution >= 0.6 is 0 Å². The third-order valence-corrected chi connectivity index (χ3v) is 3.44. The number of carbonyl (C=O) groups is 1. The molecule has 1 fully saturated rings. The fourth-order valence-electron chi connectivity index (χ4n) is 2.16. The van der Waals surface area contributed by atoms with Crippen molar-refractivity contribution >= 4 is 11.6 Å². The Morgan fingerprint density at radius 2 is 2.22 bits per heavy atom. The summed E-state index contributed by atoms with van der Waals surface area (Å²) in [5.74, 6) is 0.566. The Hall–Kier alpha value is -1.71. The second-order valence-electron chi connectivity index (χ2n) is 5.05. The SMILES string of the molecule is CCOc1ccc(C(=O)NC2(C)CCC2)cc1N. The van der Waals surface area contributed by atoms with Crippen molar-refractivity contribution in [3.63, 3.8) is 0 Å². The minimum Gasteiger partial charge on any atom is -0.492 e. The molecule has 3 N–H and O–H groups in total. The zero-order valence-electron chi connectivity index (χ0n) is 11.0. The topological polar surface area (TPSA) is 64.3 Å². The predicted molar refractivity (Wildman–Crippen MR) is 71.7 cm³/mol. The van der Waals surface area contributed by atoms with Gasteiger partial charge in [0.05, 0.1) is 12.3 Å². The van der Waals surface area contributed by atoms with Gasteiger partial charge in [-0.15, -0.1) is 0 Å². The van der Waals surface area contributed by atoms with Crippen LogP contribution in [0, 0.1) is 0 Å². The molecule has 1 aromatic rings. The monoisotopic (exact) mass is 248 g/mol. The highest BCUT2D eigenvalue weighted by molar-refractivity contribution is 5.96. The number of hydrogen-bond donors (Lipinski definition) is 2. The van der Waals surface area contributed by atoms with Crippen LogP contribution in [0.5, 0.6) is 5.75 Å². The molecular weight excluding hydrogens is 228 g/mol. The van der Waals surface area contributed by atoms with E-state index >= 15 is 0 Å². The van der Waals surface area contributed by atoms with Crippen LogP contribution in [0.1, 0.15) is 43.5 Å². The van der Waals surface area contributed by atoms with Crippen molar-refractivity contribution in [1.82, 2.24) is 5.32 Å². The molecule has 0 aliphatic heterocycles. The molecule has 1 amide bonds. The van der Waals surface area contributed by atoms with E-state index in [0.29, 0.717) is 23.6 Å². The van der Waals surface area contributed by atoms with Crippen LogP contribution < -0.4 is 15.8 Å². The number of nitrogen functional groups attached to an aromatic ring is 1. The van der Waals surface area contributed by atoms with Gasteiger partial charge in [-0.25, -0.2) is 0 Å². The van der Waals surface area contributed by atoms with E-state index in [1.165, 1.54) is 6.42 Å². The molecule has 0 radical (unpaired) electrons. The van der Waals surface area contributed by atoms with Crippen LogP contribution in [-0.4, -0.2) is 18.1 Å². The Morgan fingerprint density at radius 1 is 1.50 bits per heavy atom. The number of hydrogen-bond acceptors (Lipinski definition) is 3. The van der Waals surface area contributed by atoms with Gasteiger partial charge in [0.15, 0.2) is 0 Å². The number of amides is 1. The highest BCUT2D eigenvalue weighted by Gasteiger charge is 2.33. The van der Waals surface area contributed by atoms with E-state index in [2.05, 4.69) is 12.2 Å². The van der Waals surface area contributed by atoms with Crippen LogP contribution in [0.2, 0.25) is 0 Å². The average Bonchev–Trinajstić information content (AvgIpc) is 2.30. The van der Waals surface area contributed by atoms with Crippen molar-refractivity contribution in [2.24, 2.45) is 0 Å². The predicted octanol–water partition coefficient (Wildman–Crippen LogP) is 2.34. The normalized spacial score (nSPS) is 16.8. The lowest BCUT2D eigenvalue weighted by Gasteiger charge is -2.39. The van der Waals surface area contributed by atoms with Crippen LogP contribution in [0.3, 0.4) is 0 Å². The van der Waals surface area contributed by atoms with Gasteiger partial charge in [-0.1, -0.05) is 0 Å². The summed E-state index contributed by atoms with van der Waals surface area (Å²) in [4.78, 5) is 12.1. The third kappa shape index (κ3) is 2.58. The minimum absolute atomic E-state index is 0.0373. The fourth-order valence-corrected chi connectivity index (χ4v) is 2.16. The Morgan fingerprint density at radius 3 is 2.72 bits per heavy atom. The summed E-state index contributed by atoms with van der Waals surface area (Å²) in [5.41, 5.74) is 6.90. The molecule has 4 heteroatoms. The van der Waals surface area contributed by atoms with E-state index in [9.17, 15) is 4.79 Å². The smallest absolute Gasteiger partial charge is 0.251 e. The maximum Gasteiger partial charge on any atom is 0.251 e. The summed E-state index contributed by atoms with van der Waals surface area (Å²) in [6.07, 6.45) is 3.28. The summed E-state index contributed by atoms with van der Waals surface area (Å²) >= 11 is 0. The highest BCUT2D eigenvalue weighted by Crippen LogP contribution is 2.31. The van der Waals surface area contributed by atoms with E-state index in [0.717, 1.165) is 12.8 Å². The molecule has 4 nitrogen and oxygen atoms in total. The first kappa shape index (κ1) is 12.7. The van der Waals surface area contributed by atoms with Crippen molar-refractivity contribution in [2.45, 2.75) is 38.6 Å². The van der Waals surface area contributed by atoms with Crippen LogP contribution in [-0.2, 0) is 0 Å². The van der Waals surface area contributed by atoms with Gasteiger partial charge >= 0.3 is 0 Å². The third-order valence-electron chi connectivity index (χ3n) is 3.44. The maximum absolute atomic E-state index is 12.1. The first-order chi connectivity index (χ1) is 8.54. The van der Waals surface area contributed by atoms with Gasteiger partial charge in [-0.3, -0.25) is 4.79 Å². The van der Waals surface area contributed by atoms with Crippen molar-refractivity contribution in [1.29, 1.82) is 0 Å². The molecule has 1 saturated carbocycles. The van der Waals surface area contributed by atoms with Gasteiger partial charge < -0.3 is 15.8 Å². The zero-order chi connectivity index (χ0) is 13.2. The summed E-state index contributed by atoms with van der Waals surface area (Å²) < 4.78 is 5.35. The number of anilines is 1. The molecule has 0 heterocycles. The number of nitrogens with two attached hydrogens (primary N) is 1. The molecule has 1 aliphatic rings. The number of carbonyl (C=O) groups excluding carboxylic acids is 1. The number of nitrogens with one attached hydrogen (secondary N) is 1. The molecule has 18 heavy (non-hydrogen) atoms. The molecule has 2 rings (SSSR count). The molecule has 0 atom stereocenters. The van der Waals surface area contributed by atoms with Gasteiger partial charge in [0.2, 0.25) is 0 Å². The van der Waals surface area contributed by atoms with E-state index in [1.54, 1.807) is 18.2 Å². The quantitative estimate of drug-likeness (QED) is 0.804. The van der Waals surface area contributed by atoms with Crippen molar-refractivity contribution in [2.75, 3.05) is 12.3 Å². The molecule has 0 aromatic heterocycles. The second kappa shape index (κ2) is 4.88. The summed E-state index contributed by atoms with van der Waals surface area (Å²) in [7, 11) is 0. The molecular formula is C14H20N2O2. The van der Waals surface area contributed by atoms with E-state index < -0.39 is 0 Å². The summed E-state index contributed by atoms with van der Waals surface area (Å²) in [6.45, 7) is 4.54. The molecule has 1 aliphatic carbocycles. The average molecular weight is 248 g/mol. The lowest BCUT2D eigenvalue weighted by atomic mass is 9.78. The van der Waals surface area contributed by atoms with E-state index in [-0.39, 0.29) is 11.4 Å². The minimum atomic E-state index is -0.0630. The fraction of sp³-hybridized carbons (Fsp3) is 0.500. The lowest BCUT2D eigenvalue weighted by molar-refractivity contribution is 0.0850. The Labute approximate surface area is 108 Å². The molecule has 98 valence electrons. The second-order valence-corrected chi connectivity index (χ2v) is 5.05. The first-order valence-electron chi connectivity index (χ1n) is 6.39. The molecule has 0 bridgehead atoms. The Bertz CT molecular complexity index is 453. The number of benzene rings is 1. The van der Waals surface area contributed by atoms with Crippen molar-refractivity contribution < 1.29 is 9.53 Å². The van der Waals surface area contributed by atoms with Gasteiger partial charge in [-0.05, 0) is 51.3 Å². The van der Waals surface area contributed by atoms with Gasteiger partial charge in [-0.2, -0.15) is 0 Å². The maximum atomic E-state index is 12.1. The molecule has 1 aromatic carbocycles. The van der Waals surface area contributed by atoms with Crippen LogP contribution in [0.15, 0.2) is 18.2 Å². The molecule has 0 spiro atoms. The summed E-state index contributed by atoms with van der Waals surface area (Å²) in [6, 6.07) is 5.16. The molecule has 0 saturated heterocycles. The molecule has 0 unspecified atom stereocenters. The highest BCUT2D eigenvalue weighted by atomic mass is 16.5. The standard InChI is InChI=1S/C14H20N2O2/c1-3-18-12-6-5-10(9-11(12)15)13(17)16-14(2)7-4-8-14/h5-6,9H,3-4,7-8,15H2,1-2H3,(H,16,17). The van der Waals surface area contributed by atoms with Gasteiger partial charge in [0.1, 0.15) is 5.75 Å². The largest absolute Gasteiger partial charge is 0.492 e. The Balaban J connectivity index is 2.08. The number of ether oxygens (including phenoxy) is 1. The van der Waals surface area contributed by atoms with Crippen molar-refractivity contribution in [3.05, 3.63) is 23.8 Å². The number of rotatable bonds is 4. The van der Waals surface area contributed by atoms with Crippen molar-refractivity contribution in [3.8, 4) is 5.75 Å². The Kier molecular flexibility index (Phi) is 3.45. The van der Waals surface area contributed by atoms with Gasteiger partial charge in [0.25, 0.3) is 5.91 Å². The summed E-state index contributed by atoms with van der Waals surface area (Å²) in [5, 5.41) is 3.05. The van der Waals surface area contributed by atoms with Crippen LogP contribution in [0.4, 0.5) is 5.69 Å². The van der Waals surface area contributed by atoms with E-state index in [4.69, 9.17) is 10.5 Å². The zero-order valence-corrected chi connectivity index (χ0v) is 11.0.